The molecule has 134 valence electrons. The van der Waals surface area contributed by atoms with Gasteiger partial charge in [0, 0.05) is 30.2 Å². The molecule has 3 heteroatoms. The van der Waals surface area contributed by atoms with Crippen molar-refractivity contribution in [2.24, 2.45) is 11.8 Å². The zero-order valence-electron chi connectivity index (χ0n) is 15.0. The number of rotatable bonds is 2. The highest BCUT2D eigenvalue weighted by Crippen LogP contribution is 2.45. The van der Waals surface area contributed by atoms with Crippen molar-refractivity contribution in [2.45, 2.75) is 57.2 Å². The summed E-state index contributed by atoms with van der Waals surface area (Å²) in [6.45, 7) is 4.88. The highest BCUT2D eigenvalue weighted by atomic mass is 35.5. The van der Waals surface area contributed by atoms with E-state index >= 15 is 0 Å². The standard InChI is InChI=1S/C22H29ClN2/c23-20-8-2-1-6-17(20)14-25-11-5-7-16-12-18-13-19(22(16)25)15-24-10-4-3-9-21(18)24/h1-2,6,8,12,18-19,21-22H,3-5,7,9-11,13-15H2/t18-,19-,21+,22+/m0/s1. The van der Waals surface area contributed by atoms with Crippen molar-refractivity contribution >= 4 is 11.6 Å². The third kappa shape index (κ3) is 2.97. The first-order valence-corrected chi connectivity index (χ1v) is 10.6. The lowest BCUT2D eigenvalue weighted by molar-refractivity contribution is -0.00264. The average molecular weight is 357 g/mol. The van der Waals surface area contributed by atoms with Crippen molar-refractivity contribution in [1.82, 2.24) is 9.80 Å². The van der Waals surface area contributed by atoms with Crippen molar-refractivity contribution in [3.63, 3.8) is 0 Å². The zero-order chi connectivity index (χ0) is 16.8. The quantitative estimate of drug-likeness (QED) is 0.706. The molecule has 3 aliphatic heterocycles. The van der Waals surface area contributed by atoms with Gasteiger partial charge in [-0.2, -0.15) is 0 Å². The van der Waals surface area contributed by atoms with Gasteiger partial charge < -0.3 is 0 Å². The van der Waals surface area contributed by atoms with Crippen LogP contribution in [-0.2, 0) is 6.54 Å². The zero-order valence-corrected chi connectivity index (χ0v) is 15.8. The van der Waals surface area contributed by atoms with E-state index in [9.17, 15) is 0 Å². The fourth-order valence-electron chi connectivity index (χ4n) is 6.11. The summed E-state index contributed by atoms with van der Waals surface area (Å²) in [5.41, 5.74) is 3.05. The van der Waals surface area contributed by atoms with Crippen molar-refractivity contribution in [2.75, 3.05) is 19.6 Å². The second-order valence-corrected chi connectivity index (χ2v) is 8.98. The van der Waals surface area contributed by atoms with E-state index in [1.807, 2.05) is 12.1 Å². The summed E-state index contributed by atoms with van der Waals surface area (Å²) in [5.74, 6) is 1.65. The maximum absolute atomic E-state index is 6.46. The molecular formula is C22H29ClN2. The Balaban J connectivity index is 1.42. The fraction of sp³-hybridized carbons (Fsp3) is 0.636. The number of fused-ring (bicyclic) bond motifs is 6. The van der Waals surface area contributed by atoms with Gasteiger partial charge in [0.15, 0.2) is 0 Å². The summed E-state index contributed by atoms with van der Waals surface area (Å²) in [4.78, 5) is 5.57. The van der Waals surface area contributed by atoms with Crippen LogP contribution in [0.1, 0.15) is 44.1 Å². The van der Waals surface area contributed by atoms with Gasteiger partial charge in [0.05, 0.1) is 0 Å². The Morgan fingerprint density at radius 3 is 2.92 bits per heavy atom. The van der Waals surface area contributed by atoms with Crippen molar-refractivity contribution < 1.29 is 0 Å². The molecule has 5 rings (SSSR count). The molecule has 0 N–H and O–H groups in total. The molecule has 25 heavy (non-hydrogen) atoms. The monoisotopic (exact) mass is 356 g/mol. The highest BCUT2D eigenvalue weighted by molar-refractivity contribution is 6.31. The first-order chi connectivity index (χ1) is 12.3. The van der Waals surface area contributed by atoms with Gasteiger partial charge in [0.2, 0.25) is 0 Å². The lowest BCUT2D eigenvalue weighted by Crippen LogP contribution is -2.58. The SMILES string of the molecule is Clc1ccccc1CN1CCCC2=C[C@H]3C[C@@H](CN4CCCC[C@H]34)[C@@H]21. The number of piperidine rings is 3. The molecule has 4 aliphatic rings. The Morgan fingerprint density at radius 1 is 1.08 bits per heavy atom. The number of halogens is 1. The van der Waals surface area contributed by atoms with Crippen LogP contribution in [0.25, 0.3) is 0 Å². The minimum absolute atomic E-state index is 0.657. The summed E-state index contributed by atoms with van der Waals surface area (Å²) in [5, 5.41) is 0.923. The molecule has 0 amide bonds. The van der Waals surface area contributed by atoms with Crippen LogP contribution in [0.2, 0.25) is 5.02 Å². The molecular weight excluding hydrogens is 328 g/mol. The van der Waals surface area contributed by atoms with Crippen molar-refractivity contribution in [1.29, 1.82) is 0 Å². The fourth-order valence-corrected chi connectivity index (χ4v) is 6.30. The first kappa shape index (κ1) is 16.4. The van der Waals surface area contributed by atoms with Crippen LogP contribution in [0.15, 0.2) is 35.9 Å². The van der Waals surface area contributed by atoms with Crippen LogP contribution in [0, 0.1) is 11.8 Å². The van der Waals surface area contributed by atoms with Crippen LogP contribution in [0.5, 0.6) is 0 Å². The molecule has 2 bridgehead atoms. The van der Waals surface area contributed by atoms with Crippen molar-refractivity contribution in [3.05, 3.63) is 46.5 Å². The summed E-state index contributed by atoms with van der Waals surface area (Å²) in [7, 11) is 0. The molecule has 4 atom stereocenters. The van der Waals surface area contributed by atoms with E-state index in [0.29, 0.717) is 6.04 Å². The van der Waals surface area contributed by atoms with E-state index in [-0.39, 0.29) is 0 Å². The molecule has 3 heterocycles. The predicted molar refractivity (Wildman–Crippen MR) is 104 cm³/mol. The Morgan fingerprint density at radius 2 is 2.00 bits per heavy atom. The lowest BCUT2D eigenvalue weighted by Gasteiger charge is -2.54. The maximum Gasteiger partial charge on any atom is 0.0451 e. The topological polar surface area (TPSA) is 6.48 Å². The smallest absolute Gasteiger partial charge is 0.0451 e. The molecule has 0 unspecified atom stereocenters. The Labute approximate surface area is 156 Å². The van der Waals surface area contributed by atoms with Gasteiger partial charge in [-0.05, 0) is 68.7 Å². The van der Waals surface area contributed by atoms with Crippen LogP contribution < -0.4 is 0 Å². The molecule has 1 aromatic rings. The van der Waals surface area contributed by atoms with E-state index in [4.69, 9.17) is 11.6 Å². The largest absolute Gasteiger partial charge is 0.299 e. The molecule has 0 radical (unpaired) electrons. The second-order valence-electron chi connectivity index (χ2n) is 8.57. The number of nitrogens with zero attached hydrogens (tertiary/aromatic N) is 2. The van der Waals surface area contributed by atoms with E-state index < -0.39 is 0 Å². The lowest BCUT2D eigenvalue weighted by atomic mass is 9.68. The average Bonchev–Trinajstić information content (AvgIpc) is 2.64. The van der Waals surface area contributed by atoms with E-state index in [0.717, 1.165) is 29.4 Å². The molecule has 3 saturated heterocycles. The van der Waals surface area contributed by atoms with Crippen molar-refractivity contribution in [3.8, 4) is 0 Å². The number of hydrogen-bond donors (Lipinski definition) is 0. The summed E-state index contributed by atoms with van der Waals surface area (Å²) >= 11 is 6.46. The van der Waals surface area contributed by atoms with Gasteiger partial charge >= 0.3 is 0 Å². The maximum atomic E-state index is 6.46. The summed E-state index contributed by atoms with van der Waals surface area (Å²) < 4.78 is 0. The normalized spacial score (nSPS) is 35.6. The molecule has 1 aromatic carbocycles. The molecule has 0 spiro atoms. The Hall–Kier alpha value is -0.830. The summed E-state index contributed by atoms with van der Waals surface area (Å²) in [6, 6.07) is 9.90. The van der Waals surface area contributed by atoms with Gasteiger partial charge in [-0.3, -0.25) is 9.80 Å². The molecule has 0 aromatic heterocycles. The number of hydrogen-bond acceptors (Lipinski definition) is 2. The van der Waals surface area contributed by atoms with Gasteiger partial charge in [-0.25, -0.2) is 0 Å². The first-order valence-electron chi connectivity index (χ1n) is 10.2. The van der Waals surface area contributed by atoms with Gasteiger partial charge in [0.25, 0.3) is 0 Å². The van der Waals surface area contributed by atoms with E-state index in [1.54, 1.807) is 5.57 Å². The number of likely N-dealkylation sites (tertiary alicyclic amines) is 1. The predicted octanol–water partition coefficient (Wildman–Crippen LogP) is 4.74. The minimum Gasteiger partial charge on any atom is -0.299 e. The summed E-state index contributed by atoms with van der Waals surface area (Å²) in [6.07, 6.45) is 11.0. The van der Waals surface area contributed by atoms with Crippen LogP contribution >= 0.6 is 11.6 Å². The van der Waals surface area contributed by atoms with Crippen LogP contribution in [-0.4, -0.2) is 41.5 Å². The second kappa shape index (κ2) is 6.72. The molecule has 2 nitrogen and oxygen atoms in total. The van der Waals surface area contributed by atoms with Crippen LogP contribution in [0.3, 0.4) is 0 Å². The van der Waals surface area contributed by atoms with Gasteiger partial charge in [-0.15, -0.1) is 0 Å². The molecule has 1 aliphatic carbocycles. The number of benzene rings is 1. The Bertz CT molecular complexity index is 670. The molecule has 3 fully saturated rings. The Kier molecular flexibility index (Phi) is 4.39. The van der Waals surface area contributed by atoms with Crippen LogP contribution in [0.4, 0.5) is 0 Å². The third-order valence-corrected chi connectivity index (χ3v) is 7.46. The van der Waals surface area contributed by atoms with Gasteiger partial charge in [-0.1, -0.05) is 47.9 Å². The van der Waals surface area contributed by atoms with Gasteiger partial charge in [0.1, 0.15) is 0 Å². The van der Waals surface area contributed by atoms with E-state index in [2.05, 4.69) is 28.0 Å². The highest BCUT2D eigenvalue weighted by Gasteiger charge is 2.45. The molecule has 0 saturated carbocycles. The third-order valence-electron chi connectivity index (χ3n) is 7.09. The minimum atomic E-state index is 0.657. The van der Waals surface area contributed by atoms with E-state index in [1.165, 1.54) is 63.7 Å².